The van der Waals surface area contributed by atoms with Gasteiger partial charge in [0.05, 0.1) is 18.4 Å². The molecule has 0 aliphatic carbocycles. The Kier molecular flexibility index (Phi) is 2.74. The number of nitrogens with zero attached hydrogens (tertiary/aromatic N) is 4. The Labute approximate surface area is 105 Å². The highest BCUT2D eigenvalue weighted by atomic mass is 19.1. The number of rotatable bonds is 2. The summed E-state index contributed by atoms with van der Waals surface area (Å²) in [5, 5.41) is 4.21. The van der Waals surface area contributed by atoms with Crippen molar-refractivity contribution in [3.8, 4) is 0 Å². The molecule has 2 aromatic rings. The van der Waals surface area contributed by atoms with Gasteiger partial charge in [0.15, 0.2) is 0 Å². The minimum absolute atomic E-state index is 0.295. The Hall–Kier alpha value is -1.91. The van der Waals surface area contributed by atoms with Gasteiger partial charge >= 0.3 is 0 Å². The van der Waals surface area contributed by atoms with Gasteiger partial charge in [-0.05, 0) is 25.0 Å². The Morgan fingerprint density at radius 1 is 1.33 bits per heavy atom. The van der Waals surface area contributed by atoms with E-state index < -0.39 is 0 Å². The number of pyridine rings is 1. The van der Waals surface area contributed by atoms with E-state index in [2.05, 4.69) is 15.0 Å². The lowest BCUT2D eigenvalue weighted by molar-refractivity contribution is 0.619. The molecule has 0 amide bonds. The molecule has 0 aromatic carbocycles. The van der Waals surface area contributed by atoms with Crippen molar-refractivity contribution in [1.29, 1.82) is 0 Å². The van der Waals surface area contributed by atoms with Crippen molar-refractivity contribution in [3.05, 3.63) is 42.1 Å². The van der Waals surface area contributed by atoms with Crippen molar-refractivity contribution in [1.82, 2.24) is 14.8 Å². The number of aryl methyl sites for hydroxylation is 1. The van der Waals surface area contributed by atoms with Gasteiger partial charge in [0.25, 0.3) is 0 Å². The van der Waals surface area contributed by atoms with Crippen LogP contribution in [-0.2, 0) is 7.05 Å². The van der Waals surface area contributed by atoms with Crippen molar-refractivity contribution in [2.45, 2.75) is 18.9 Å². The molecule has 18 heavy (non-hydrogen) atoms. The second kappa shape index (κ2) is 4.40. The molecular formula is C13H15FN4. The third-order valence-corrected chi connectivity index (χ3v) is 3.37. The largest absolute Gasteiger partial charge is 0.349 e. The third kappa shape index (κ3) is 1.96. The van der Waals surface area contributed by atoms with Gasteiger partial charge in [-0.25, -0.2) is 9.37 Å². The van der Waals surface area contributed by atoms with Crippen LogP contribution in [0.2, 0.25) is 0 Å². The zero-order valence-corrected chi connectivity index (χ0v) is 10.3. The fourth-order valence-electron chi connectivity index (χ4n) is 2.54. The number of aromatic nitrogens is 3. The first kappa shape index (κ1) is 11.2. The predicted molar refractivity (Wildman–Crippen MR) is 66.7 cm³/mol. The molecule has 1 saturated heterocycles. The second-order valence-corrected chi connectivity index (χ2v) is 4.63. The zero-order chi connectivity index (χ0) is 12.5. The van der Waals surface area contributed by atoms with Crippen molar-refractivity contribution < 1.29 is 4.39 Å². The van der Waals surface area contributed by atoms with Crippen LogP contribution in [0, 0.1) is 5.82 Å². The summed E-state index contributed by atoms with van der Waals surface area (Å²) in [6.45, 7) is 0.957. The van der Waals surface area contributed by atoms with E-state index in [-0.39, 0.29) is 5.82 Å². The van der Waals surface area contributed by atoms with Gasteiger partial charge < -0.3 is 4.90 Å². The zero-order valence-electron chi connectivity index (χ0n) is 10.3. The molecule has 1 aliphatic rings. The summed E-state index contributed by atoms with van der Waals surface area (Å²) in [5.74, 6) is 0.540. The van der Waals surface area contributed by atoms with Gasteiger partial charge in [-0.1, -0.05) is 0 Å². The number of hydrogen-bond donors (Lipinski definition) is 0. The summed E-state index contributed by atoms with van der Waals surface area (Å²) in [4.78, 5) is 6.39. The molecule has 3 heterocycles. The summed E-state index contributed by atoms with van der Waals surface area (Å²) in [7, 11) is 1.92. The second-order valence-electron chi connectivity index (χ2n) is 4.63. The first-order chi connectivity index (χ1) is 8.74. The summed E-state index contributed by atoms with van der Waals surface area (Å²) in [5.41, 5.74) is 1.20. The quantitative estimate of drug-likeness (QED) is 0.815. The van der Waals surface area contributed by atoms with Crippen molar-refractivity contribution in [2.75, 3.05) is 11.4 Å². The van der Waals surface area contributed by atoms with Gasteiger partial charge in [0, 0.05) is 25.4 Å². The monoisotopic (exact) mass is 246 g/mol. The van der Waals surface area contributed by atoms with Crippen LogP contribution in [0.25, 0.3) is 0 Å². The fraction of sp³-hybridized carbons (Fsp3) is 0.385. The Balaban J connectivity index is 1.89. The summed E-state index contributed by atoms with van der Waals surface area (Å²) < 4.78 is 14.7. The topological polar surface area (TPSA) is 34.0 Å². The third-order valence-electron chi connectivity index (χ3n) is 3.37. The fourth-order valence-corrected chi connectivity index (χ4v) is 2.54. The van der Waals surface area contributed by atoms with E-state index in [1.165, 1.54) is 17.8 Å². The lowest BCUT2D eigenvalue weighted by Gasteiger charge is -2.24. The van der Waals surface area contributed by atoms with Gasteiger partial charge in [-0.3, -0.25) is 4.68 Å². The normalized spacial score (nSPS) is 19.4. The number of anilines is 1. The van der Waals surface area contributed by atoms with Gasteiger partial charge in [-0.15, -0.1) is 0 Å². The SMILES string of the molecule is Cn1cc(C2CCCN2c2ccc(F)cn2)cn1. The van der Waals surface area contributed by atoms with Crippen LogP contribution < -0.4 is 4.90 Å². The van der Waals surface area contributed by atoms with Gasteiger partial charge in [0.1, 0.15) is 11.6 Å². The standard InChI is InChI=1S/C13H15FN4/c1-17-9-10(7-16-17)12-3-2-6-18(12)13-5-4-11(14)8-15-13/h4-5,7-9,12H,2-3,6H2,1H3. The van der Waals surface area contributed by atoms with Crippen LogP contribution in [0.3, 0.4) is 0 Å². The van der Waals surface area contributed by atoms with Crippen LogP contribution in [0.15, 0.2) is 30.7 Å². The minimum atomic E-state index is -0.295. The molecule has 0 bridgehead atoms. The molecule has 1 atom stereocenters. The van der Waals surface area contributed by atoms with E-state index in [1.54, 1.807) is 6.07 Å². The molecule has 2 aromatic heterocycles. The molecular weight excluding hydrogens is 231 g/mol. The van der Waals surface area contributed by atoms with Gasteiger partial charge in [0.2, 0.25) is 0 Å². The van der Waals surface area contributed by atoms with E-state index in [1.807, 2.05) is 24.1 Å². The molecule has 1 aliphatic heterocycles. The maximum absolute atomic E-state index is 12.9. The maximum atomic E-state index is 12.9. The molecule has 0 N–H and O–H groups in total. The molecule has 1 unspecified atom stereocenters. The predicted octanol–water partition coefficient (Wildman–Crippen LogP) is 2.30. The van der Waals surface area contributed by atoms with E-state index in [0.717, 1.165) is 25.2 Å². The van der Waals surface area contributed by atoms with Gasteiger partial charge in [-0.2, -0.15) is 5.10 Å². The minimum Gasteiger partial charge on any atom is -0.349 e. The molecule has 94 valence electrons. The number of halogens is 1. The Bertz CT molecular complexity index is 534. The van der Waals surface area contributed by atoms with Crippen LogP contribution in [0.4, 0.5) is 10.2 Å². The smallest absolute Gasteiger partial charge is 0.141 e. The highest BCUT2D eigenvalue weighted by Crippen LogP contribution is 2.34. The highest BCUT2D eigenvalue weighted by molar-refractivity contribution is 5.43. The molecule has 4 nitrogen and oxygen atoms in total. The Morgan fingerprint density at radius 2 is 2.22 bits per heavy atom. The van der Waals surface area contributed by atoms with Crippen molar-refractivity contribution >= 4 is 5.82 Å². The van der Waals surface area contributed by atoms with Crippen LogP contribution in [0.1, 0.15) is 24.4 Å². The maximum Gasteiger partial charge on any atom is 0.141 e. The van der Waals surface area contributed by atoms with Crippen molar-refractivity contribution in [2.24, 2.45) is 7.05 Å². The van der Waals surface area contributed by atoms with E-state index in [0.29, 0.717) is 6.04 Å². The van der Waals surface area contributed by atoms with E-state index in [9.17, 15) is 4.39 Å². The van der Waals surface area contributed by atoms with Crippen LogP contribution in [0.5, 0.6) is 0 Å². The highest BCUT2D eigenvalue weighted by Gasteiger charge is 2.27. The number of hydrogen-bond acceptors (Lipinski definition) is 3. The molecule has 0 radical (unpaired) electrons. The average Bonchev–Trinajstić information content (AvgIpc) is 2.98. The lowest BCUT2D eigenvalue weighted by Crippen LogP contribution is -2.23. The lowest BCUT2D eigenvalue weighted by atomic mass is 10.1. The first-order valence-corrected chi connectivity index (χ1v) is 6.11. The van der Waals surface area contributed by atoms with Crippen LogP contribution in [-0.4, -0.2) is 21.3 Å². The summed E-state index contributed by atoms with van der Waals surface area (Å²) >= 11 is 0. The average molecular weight is 246 g/mol. The molecule has 1 fully saturated rings. The molecule has 5 heteroatoms. The van der Waals surface area contributed by atoms with E-state index >= 15 is 0 Å². The first-order valence-electron chi connectivity index (χ1n) is 6.11. The van der Waals surface area contributed by atoms with Crippen molar-refractivity contribution in [3.63, 3.8) is 0 Å². The molecule has 0 saturated carbocycles. The van der Waals surface area contributed by atoms with E-state index in [4.69, 9.17) is 0 Å². The summed E-state index contributed by atoms with van der Waals surface area (Å²) in [6.07, 6.45) is 7.41. The Morgan fingerprint density at radius 3 is 2.89 bits per heavy atom. The summed E-state index contributed by atoms with van der Waals surface area (Å²) in [6, 6.07) is 3.50. The molecule has 0 spiro atoms. The molecule has 3 rings (SSSR count). The van der Waals surface area contributed by atoms with Crippen LogP contribution >= 0.6 is 0 Å².